The highest BCUT2D eigenvalue weighted by atomic mass is 32.2. The SMILES string of the molecule is CCOC(=O)c1c(-c2ccc(F)cc2)nn2cc(N(CC)S(C)(=O)=O)c(OCc3ccccc3)cc12. The van der Waals surface area contributed by atoms with Crippen LogP contribution in [-0.2, 0) is 21.4 Å². The molecular weight excluding hydrogens is 485 g/mol. The molecule has 0 bridgehead atoms. The van der Waals surface area contributed by atoms with Crippen LogP contribution in [0.1, 0.15) is 29.8 Å². The van der Waals surface area contributed by atoms with Crippen molar-refractivity contribution in [1.82, 2.24) is 9.61 Å². The number of carbonyl (C=O) groups is 1. The van der Waals surface area contributed by atoms with E-state index in [0.29, 0.717) is 11.1 Å². The maximum Gasteiger partial charge on any atom is 0.342 e. The molecule has 0 aliphatic rings. The van der Waals surface area contributed by atoms with E-state index in [1.54, 1.807) is 19.9 Å². The minimum atomic E-state index is -3.65. The van der Waals surface area contributed by atoms with Crippen LogP contribution in [0, 0.1) is 5.82 Å². The van der Waals surface area contributed by atoms with E-state index in [1.807, 2.05) is 30.3 Å². The van der Waals surface area contributed by atoms with E-state index in [0.717, 1.165) is 11.8 Å². The van der Waals surface area contributed by atoms with Gasteiger partial charge in [-0.05, 0) is 43.7 Å². The molecule has 188 valence electrons. The summed E-state index contributed by atoms with van der Waals surface area (Å²) < 4.78 is 52.7. The van der Waals surface area contributed by atoms with Gasteiger partial charge < -0.3 is 9.47 Å². The summed E-state index contributed by atoms with van der Waals surface area (Å²) in [5.74, 6) is -0.774. The molecule has 10 heteroatoms. The van der Waals surface area contributed by atoms with Gasteiger partial charge in [0, 0.05) is 18.2 Å². The number of nitrogens with zero attached hydrogens (tertiary/aromatic N) is 3. The van der Waals surface area contributed by atoms with E-state index in [4.69, 9.17) is 9.47 Å². The number of hydrogen-bond acceptors (Lipinski definition) is 6. The summed E-state index contributed by atoms with van der Waals surface area (Å²) in [7, 11) is -3.65. The molecule has 4 rings (SSSR count). The fourth-order valence-electron chi connectivity index (χ4n) is 3.90. The lowest BCUT2D eigenvalue weighted by Gasteiger charge is -2.23. The molecule has 0 atom stereocenters. The summed E-state index contributed by atoms with van der Waals surface area (Å²) in [6, 6.07) is 16.6. The van der Waals surface area contributed by atoms with Crippen LogP contribution in [0.4, 0.5) is 10.1 Å². The zero-order chi connectivity index (χ0) is 25.9. The highest BCUT2D eigenvalue weighted by molar-refractivity contribution is 7.92. The Morgan fingerprint density at radius 1 is 1.08 bits per heavy atom. The van der Waals surface area contributed by atoms with E-state index in [1.165, 1.54) is 39.3 Å². The molecule has 0 aliphatic carbocycles. The molecule has 2 heterocycles. The van der Waals surface area contributed by atoms with Crippen molar-refractivity contribution in [1.29, 1.82) is 0 Å². The van der Waals surface area contributed by atoms with Crippen molar-refractivity contribution >= 4 is 27.2 Å². The predicted molar refractivity (Wildman–Crippen MR) is 135 cm³/mol. The number of hydrogen-bond donors (Lipinski definition) is 0. The van der Waals surface area contributed by atoms with Gasteiger partial charge in [-0.1, -0.05) is 30.3 Å². The first-order valence-electron chi connectivity index (χ1n) is 11.4. The quantitative estimate of drug-likeness (QED) is 0.303. The van der Waals surface area contributed by atoms with Crippen LogP contribution >= 0.6 is 0 Å². The number of halogens is 1. The largest absolute Gasteiger partial charge is 0.487 e. The monoisotopic (exact) mass is 511 g/mol. The van der Waals surface area contributed by atoms with Gasteiger partial charge in [-0.25, -0.2) is 22.1 Å². The smallest absolute Gasteiger partial charge is 0.342 e. The molecule has 36 heavy (non-hydrogen) atoms. The van der Waals surface area contributed by atoms with Gasteiger partial charge in [-0.2, -0.15) is 5.10 Å². The van der Waals surface area contributed by atoms with Gasteiger partial charge in [0.1, 0.15) is 35.1 Å². The van der Waals surface area contributed by atoms with Crippen LogP contribution in [0.15, 0.2) is 66.9 Å². The minimum Gasteiger partial charge on any atom is -0.487 e. The van der Waals surface area contributed by atoms with E-state index in [9.17, 15) is 17.6 Å². The third-order valence-electron chi connectivity index (χ3n) is 5.50. The Kier molecular flexibility index (Phi) is 7.25. The number of sulfonamides is 1. The van der Waals surface area contributed by atoms with Crippen molar-refractivity contribution in [3.63, 3.8) is 0 Å². The van der Waals surface area contributed by atoms with E-state index in [-0.39, 0.29) is 42.5 Å². The van der Waals surface area contributed by atoms with Crippen LogP contribution in [0.3, 0.4) is 0 Å². The summed E-state index contributed by atoms with van der Waals surface area (Å²) in [4.78, 5) is 13.0. The molecule has 8 nitrogen and oxygen atoms in total. The molecule has 0 saturated carbocycles. The third-order valence-corrected chi connectivity index (χ3v) is 6.76. The Hall–Kier alpha value is -3.92. The van der Waals surface area contributed by atoms with Crippen molar-refractivity contribution in [3.05, 3.63) is 83.8 Å². The summed E-state index contributed by atoms with van der Waals surface area (Å²) in [6.07, 6.45) is 2.62. The molecule has 0 radical (unpaired) electrons. The van der Waals surface area contributed by atoms with Crippen LogP contribution in [0.25, 0.3) is 16.8 Å². The molecule has 0 fully saturated rings. The molecule has 4 aromatic rings. The molecule has 0 spiro atoms. The number of rotatable bonds is 9. The first kappa shape index (κ1) is 25.2. The van der Waals surface area contributed by atoms with Crippen molar-refractivity contribution in [3.8, 4) is 17.0 Å². The van der Waals surface area contributed by atoms with Gasteiger partial charge >= 0.3 is 5.97 Å². The van der Waals surface area contributed by atoms with Crippen molar-refractivity contribution in [2.75, 3.05) is 23.7 Å². The van der Waals surface area contributed by atoms with E-state index < -0.39 is 21.8 Å². The second-order valence-corrected chi connectivity index (χ2v) is 9.91. The number of aromatic nitrogens is 2. The van der Waals surface area contributed by atoms with Crippen LogP contribution in [-0.4, -0.2) is 43.4 Å². The fourth-order valence-corrected chi connectivity index (χ4v) is 4.86. The lowest BCUT2D eigenvalue weighted by atomic mass is 10.1. The lowest BCUT2D eigenvalue weighted by molar-refractivity contribution is 0.0529. The first-order chi connectivity index (χ1) is 17.2. The molecule has 0 unspecified atom stereocenters. The summed E-state index contributed by atoms with van der Waals surface area (Å²) in [5, 5.41) is 4.55. The van der Waals surface area contributed by atoms with Crippen LogP contribution < -0.4 is 9.04 Å². The Morgan fingerprint density at radius 2 is 1.78 bits per heavy atom. The topological polar surface area (TPSA) is 90.2 Å². The number of esters is 1. The molecule has 2 aromatic heterocycles. The molecule has 0 N–H and O–H groups in total. The van der Waals surface area contributed by atoms with Crippen molar-refractivity contribution in [2.24, 2.45) is 0 Å². The average molecular weight is 512 g/mol. The zero-order valence-corrected chi connectivity index (χ0v) is 21.0. The zero-order valence-electron chi connectivity index (χ0n) is 20.1. The van der Waals surface area contributed by atoms with Gasteiger partial charge in [0.05, 0.1) is 24.6 Å². The van der Waals surface area contributed by atoms with Gasteiger partial charge in [0.2, 0.25) is 10.0 Å². The Morgan fingerprint density at radius 3 is 2.39 bits per heavy atom. The average Bonchev–Trinajstić information content (AvgIpc) is 3.21. The molecule has 2 aromatic carbocycles. The third kappa shape index (κ3) is 5.18. The Labute approximate surface area is 208 Å². The van der Waals surface area contributed by atoms with Gasteiger partial charge in [0.15, 0.2) is 0 Å². The number of pyridine rings is 1. The van der Waals surface area contributed by atoms with Crippen molar-refractivity contribution in [2.45, 2.75) is 20.5 Å². The normalized spacial score (nSPS) is 11.4. The summed E-state index contributed by atoms with van der Waals surface area (Å²) in [6.45, 7) is 3.89. The van der Waals surface area contributed by atoms with E-state index in [2.05, 4.69) is 5.10 Å². The lowest BCUT2D eigenvalue weighted by Crippen LogP contribution is -2.30. The number of ether oxygens (including phenoxy) is 2. The maximum absolute atomic E-state index is 13.6. The molecule has 0 amide bonds. The van der Waals surface area contributed by atoms with Gasteiger partial charge in [-0.3, -0.25) is 4.31 Å². The summed E-state index contributed by atoms with van der Waals surface area (Å²) in [5.41, 5.74) is 2.48. The number of anilines is 1. The Bertz CT molecular complexity index is 1490. The van der Waals surface area contributed by atoms with Gasteiger partial charge in [0.25, 0.3) is 0 Å². The maximum atomic E-state index is 13.6. The highest BCUT2D eigenvalue weighted by Crippen LogP contribution is 2.36. The summed E-state index contributed by atoms with van der Waals surface area (Å²) >= 11 is 0. The molecular formula is C26H26FN3O5S. The van der Waals surface area contributed by atoms with Crippen molar-refractivity contribution < 1.29 is 27.1 Å². The van der Waals surface area contributed by atoms with Gasteiger partial charge in [-0.15, -0.1) is 0 Å². The number of carbonyl (C=O) groups excluding carboxylic acids is 1. The molecule has 0 aliphatic heterocycles. The minimum absolute atomic E-state index is 0.145. The standard InChI is InChI=1S/C26H26FN3O5S/c1-4-30(36(3,32)33)22-16-29-21(15-23(22)35-17-18-9-7-6-8-10-18)24(26(31)34-5-2)25(28-29)19-11-13-20(27)14-12-19/h6-16H,4-5,17H2,1-3H3. The second kappa shape index (κ2) is 10.4. The first-order valence-corrected chi connectivity index (χ1v) is 13.2. The fraction of sp³-hybridized carbons (Fsp3) is 0.231. The number of benzene rings is 2. The highest BCUT2D eigenvalue weighted by Gasteiger charge is 2.27. The van der Waals surface area contributed by atoms with Crippen LogP contribution in [0.2, 0.25) is 0 Å². The second-order valence-electron chi connectivity index (χ2n) is 8.01. The number of fused-ring (bicyclic) bond motifs is 1. The Balaban J connectivity index is 1.94. The molecule has 0 saturated heterocycles. The van der Waals surface area contributed by atoms with E-state index >= 15 is 0 Å². The van der Waals surface area contributed by atoms with Crippen LogP contribution in [0.5, 0.6) is 5.75 Å². The predicted octanol–water partition coefficient (Wildman–Crippen LogP) is 4.68.